The number of nitrogens with one attached hydrogen (secondary N) is 1. The molecule has 6 heteroatoms. The lowest BCUT2D eigenvalue weighted by Gasteiger charge is -2.16. The zero-order valence-electron chi connectivity index (χ0n) is 15.8. The van der Waals surface area contributed by atoms with Crippen LogP contribution in [0.5, 0.6) is 5.75 Å². The van der Waals surface area contributed by atoms with Crippen molar-refractivity contribution in [2.75, 3.05) is 5.32 Å². The molecule has 0 unspecified atom stereocenters. The van der Waals surface area contributed by atoms with Crippen LogP contribution in [-0.2, 0) is 13.2 Å². The summed E-state index contributed by atoms with van der Waals surface area (Å²) >= 11 is 12.0. The molecule has 30 heavy (non-hydrogen) atoms. The molecule has 0 saturated carbocycles. The standard InChI is InChI=1S/C24H17Cl2F2NO/c25-21-11-17(27)7-5-16(21)14-30-24-10-6-15-3-1-2-4-19(15)20(24)13-29-18-8-9-23(28)22(26)12-18/h1-12,29H,13-14H2. The van der Waals surface area contributed by atoms with Crippen molar-refractivity contribution < 1.29 is 13.5 Å². The lowest BCUT2D eigenvalue weighted by molar-refractivity contribution is 0.304. The van der Waals surface area contributed by atoms with Crippen molar-refractivity contribution in [2.24, 2.45) is 0 Å². The van der Waals surface area contributed by atoms with E-state index in [0.29, 0.717) is 28.6 Å². The van der Waals surface area contributed by atoms with E-state index in [1.54, 1.807) is 18.2 Å². The largest absolute Gasteiger partial charge is 0.488 e. The molecule has 0 fully saturated rings. The Morgan fingerprint density at radius 3 is 2.47 bits per heavy atom. The fraction of sp³-hybridized carbons (Fsp3) is 0.0833. The maximum Gasteiger partial charge on any atom is 0.141 e. The molecule has 0 aliphatic heterocycles. The smallest absolute Gasteiger partial charge is 0.141 e. The zero-order chi connectivity index (χ0) is 21.1. The van der Waals surface area contributed by atoms with Gasteiger partial charge in [-0.2, -0.15) is 0 Å². The van der Waals surface area contributed by atoms with Gasteiger partial charge in [0.15, 0.2) is 0 Å². The molecule has 0 atom stereocenters. The van der Waals surface area contributed by atoms with E-state index in [1.807, 2.05) is 36.4 Å². The van der Waals surface area contributed by atoms with Crippen molar-refractivity contribution in [1.82, 2.24) is 0 Å². The van der Waals surface area contributed by atoms with Gasteiger partial charge in [0.25, 0.3) is 0 Å². The molecule has 4 rings (SSSR count). The average molecular weight is 444 g/mol. The van der Waals surface area contributed by atoms with Gasteiger partial charge < -0.3 is 10.1 Å². The number of ether oxygens (including phenoxy) is 1. The summed E-state index contributed by atoms with van der Waals surface area (Å²) in [4.78, 5) is 0. The van der Waals surface area contributed by atoms with Crippen molar-refractivity contribution in [3.63, 3.8) is 0 Å². The number of rotatable bonds is 6. The molecule has 4 aromatic rings. The Bertz CT molecular complexity index is 1210. The lowest BCUT2D eigenvalue weighted by atomic mass is 10.0. The lowest BCUT2D eigenvalue weighted by Crippen LogP contribution is -2.05. The monoisotopic (exact) mass is 443 g/mol. The summed E-state index contributed by atoms with van der Waals surface area (Å²) < 4.78 is 32.8. The van der Waals surface area contributed by atoms with Crippen LogP contribution in [0.4, 0.5) is 14.5 Å². The summed E-state index contributed by atoms with van der Waals surface area (Å²) in [5, 5.41) is 5.74. The van der Waals surface area contributed by atoms with E-state index >= 15 is 0 Å². The van der Waals surface area contributed by atoms with Gasteiger partial charge in [0.05, 0.1) is 10.0 Å². The van der Waals surface area contributed by atoms with Gasteiger partial charge >= 0.3 is 0 Å². The Morgan fingerprint density at radius 1 is 0.833 bits per heavy atom. The molecule has 0 bridgehead atoms. The molecular weight excluding hydrogens is 427 g/mol. The van der Waals surface area contributed by atoms with Gasteiger partial charge in [-0.3, -0.25) is 0 Å². The topological polar surface area (TPSA) is 21.3 Å². The molecule has 0 spiro atoms. The van der Waals surface area contributed by atoms with E-state index in [1.165, 1.54) is 18.2 Å². The summed E-state index contributed by atoms with van der Waals surface area (Å²) in [5.41, 5.74) is 2.32. The first-order valence-electron chi connectivity index (χ1n) is 9.27. The number of fused-ring (bicyclic) bond motifs is 1. The minimum atomic E-state index is -0.465. The second-order valence-electron chi connectivity index (χ2n) is 6.77. The number of anilines is 1. The Balaban J connectivity index is 1.62. The Hall–Kier alpha value is -2.82. The highest BCUT2D eigenvalue weighted by Gasteiger charge is 2.11. The Morgan fingerprint density at radius 2 is 1.67 bits per heavy atom. The highest BCUT2D eigenvalue weighted by molar-refractivity contribution is 6.31. The highest BCUT2D eigenvalue weighted by Crippen LogP contribution is 2.31. The van der Waals surface area contributed by atoms with Gasteiger partial charge in [-0.15, -0.1) is 0 Å². The van der Waals surface area contributed by atoms with Crippen molar-refractivity contribution in [3.8, 4) is 5.75 Å². The van der Waals surface area contributed by atoms with Crippen LogP contribution in [0.2, 0.25) is 10.0 Å². The molecule has 0 radical (unpaired) electrons. The molecule has 0 heterocycles. The van der Waals surface area contributed by atoms with Crippen molar-refractivity contribution in [1.29, 1.82) is 0 Å². The highest BCUT2D eigenvalue weighted by atomic mass is 35.5. The van der Waals surface area contributed by atoms with Crippen LogP contribution < -0.4 is 10.1 Å². The fourth-order valence-corrected chi connectivity index (χ4v) is 3.63. The maximum absolute atomic E-state index is 13.4. The summed E-state index contributed by atoms with van der Waals surface area (Å²) in [6, 6.07) is 20.6. The number of benzene rings is 4. The fourth-order valence-electron chi connectivity index (χ4n) is 3.22. The van der Waals surface area contributed by atoms with E-state index in [9.17, 15) is 8.78 Å². The molecule has 152 valence electrons. The van der Waals surface area contributed by atoms with Crippen molar-refractivity contribution in [3.05, 3.63) is 106 Å². The first kappa shape index (κ1) is 20.5. The van der Waals surface area contributed by atoms with Crippen LogP contribution in [0.3, 0.4) is 0 Å². The molecule has 4 aromatic carbocycles. The van der Waals surface area contributed by atoms with Gasteiger partial charge in [-0.25, -0.2) is 8.78 Å². The first-order valence-corrected chi connectivity index (χ1v) is 10.0. The number of hydrogen-bond acceptors (Lipinski definition) is 2. The third-order valence-electron chi connectivity index (χ3n) is 4.78. The van der Waals surface area contributed by atoms with E-state index in [-0.39, 0.29) is 11.6 Å². The summed E-state index contributed by atoms with van der Waals surface area (Å²) in [6.07, 6.45) is 0. The van der Waals surface area contributed by atoms with Gasteiger partial charge in [0.1, 0.15) is 24.0 Å². The van der Waals surface area contributed by atoms with E-state index in [4.69, 9.17) is 27.9 Å². The maximum atomic E-state index is 13.4. The minimum absolute atomic E-state index is 0.0559. The second-order valence-corrected chi connectivity index (χ2v) is 7.58. The van der Waals surface area contributed by atoms with Gasteiger partial charge in [0, 0.05) is 23.4 Å². The molecule has 0 saturated heterocycles. The van der Waals surface area contributed by atoms with E-state index in [2.05, 4.69) is 5.32 Å². The molecule has 0 amide bonds. The summed E-state index contributed by atoms with van der Waals surface area (Å²) in [6.45, 7) is 0.641. The quantitative estimate of drug-likeness (QED) is 0.330. The van der Waals surface area contributed by atoms with Crippen molar-refractivity contribution >= 4 is 39.7 Å². The van der Waals surface area contributed by atoms with E-state index in [0.717, 1.165) is 16.3 Å². The Kier molecular flexibility index (Phi) is 6.07. The molecule has 1 N–H and O–H groups in total. The van der Waals surface area contributed by atoms with Crippen LogP contribution >= 0.6 is 23.2 Å². The normalized spacial score (nSPS) is 10.9. The summed E-state index contributed by atoms with van der Waals surface area (Å²) in [5.74, 6) is -0.181. The van der Waals surface area contributed by atoms with Gasteiger partial charge in [0.2, 0.25) is 0 Å². The number of hydrogen-bond donors (Lipinski definition) is 1. The molecule has 2 nitrogen and oxygen atoms in total. The summed E-state index contributed by atoms with van der Waals surface area (Å²) in [7, 11) is 0. The van der Waals surface area contributed by atoms with Crippen LogP contribution in [0.25, 0.3) is 10.8 Å². The van der Waals surface area contributed by atoms with Gasteiger partial charge in [-0.1, -0.05) is 59.6 Å². The third-order valence-corrected chi connectivity index (χ3v) is 5.43. The van der Waals surface area contributed by atoms with Crippen LogP contribution in [-0.4, -0.2) is 0 Å². The van der Waals surface area contributed by atoms with Crippen molar-refractivity contribution in [2.45, 2.75) is 13.2 Å². The molecule has 0 aliphatic rings. The SMILES string of the molecule is Fc1ccc(COc2ccc3ccccc3c2CNc2ccc(F)c(Cl)c2)c(Cl)c1. The predicted octanol–water partition coefficient (Wildman–Crippen LogP) is 7.62. The third kappa shape index (κ3) is 4.50. The molecule has 0 aromatic heterocycles. The van der Waals surface area contributed by atoms with Gasteiger partial charge in [-0.05, 0) is 47.2 Å². The predicted molar refractivity (Wildman–Crippen MR) is 118 cm³/mol. The first-order chi connectivity index (χ1) is 14.5. The average Bonchev–Trinajstić information content (AvgIpc) is 2.74. The number of halogens is 4. The molecule has 0 aliphatic carbocycles. The van der Waals surface area contributed by atoms with Crippen LogP contribution in [0, 0.1) is 11.6 Å². The zero-order valence-corrected chi connectivity index (χ0v) is 17.3. The van der Waals surface area contributed by atoms with Crippen LogP contribution in [0.1, 0.15) is 11.1 Å². The minimum Gasteiger partial charge on any atom is -0.488 e. The van der Waals surface area contributed by atoms with E-state index < -0.39 is 11.6 Å². The second kappa shape index (κ2) is 8.90. The van der Waals surface area contributed by atoms with Crippen LogP contribution in [0.15, 0.2) is 72.8 Å². The Labute approximate surface area is 183 Å². The molecular formula is C24H17Cl2F2NO.